The summed E-state index contributed by atoms with van der Waals surface area (Å²) < 4.78 is 16.1. The van der Waals surface area contributed by atoms with Gasteiger partial charge in [-0.15, -0.1) is 0 Å². The number of ether oxygens (including phenoxy) is 3. The molecule has 0 spiro atoms. The molecule has 0 aromatic heterocycles. The zero-order valence-electron chi connectivity index (χ0n) is 19.0. The monoisotopic (exact) mass is 441 g/mol. The number of Topliss-reactive ketones (excluding diaryl/α,β-unsaturated/α-hetero) is 1. The van der Waals surface area contributed by atoms with E-state index in [1.165, 1.54) is 0 Å². The summed E-state index contributed by atoms with van der Waals surface area (Å²) in [6, 6.07) is 27.0. The molecule has 4 aromatic carbocycles. The first-order valence-electron chi connectivity index (χ1n) is 10.8. The topological polar surface area (TPSA) is 56.8 Å². The van der Waals surface area contributed by atoms with Gasteiger partial charge < -0.3 is 19.5 Å². The molecular weight excluding hydrogens is 414 g/mol. The first kappa shape index (κ1) is 22.2. The molecule has 0 amide bonds. The second-order valence-electron chi connectivity index (χ2n) is 7.73. The van der Waals surface area contributed by atoms with E-state index >= 15 is 0 Å². The number of fused-ring (bicyclic) bond motifs is 1. The Kier molecular flexibility index (Phi) is 6.79. The van der Waals surface area contributed by atoms with Crippen molar-refractivity contribution in [1.82, 2.24) is 0 Å². The number of hydrogen-bond donors (Lipinski definition) is 1. The van der Waals surface area contributed by atoms with Gasteiger partial charge in [-0.1, -0.05) is 42.5 Å². The van der Waals surface area contributed by atoms with Crippen molar-refractivity contribution in [1.29, 1.82) is 0 Å². The van der Waals surface area contributed by atoms with E-state index < -0.39 is 0 Å². The Balaban J connectivity index is 1.65. The summed E-state index contributed by atoms with van der Waals surface area (Å²) in [7, 11) is 4.85. The maximum absolute atomic E-state index is 13.3. The summed E-state index contributed by atoms with van der Waals surface area (Å²) in [5.74, 6) is 2.09. The van der Waals surface area contributed by atoms with Gasteiger partial charge in [0, 0.05) is 17.7 Å². The fourth-order valence-electron chi connectivity index (χ4n) is 3.88. The molecule has 4 rings (SSSR count). The van der Waals surface area contributed by atoms with E-state index in [0.29, 0.717) is 17.1 Å². The molecule has 1 N–H and O–H groups in total. The number of carbonyl (C=O) groups excluding carboxylic acids is 1. The zero-order valence-corrected chi connectivity index (χ0v) is 19.0. The van der Waals surface area contributed by atoms with Gasteiger partial charge in [0.2, 0.25) is 0 Å². The molecule has 33 heavy (non-hydrogen) atoms. The van der Waals surface area contributed by atoms with E-state index in [9.17, 15) is 4.79 Å². The normalized spacial score (nSPS) is 11.6. The second kappa shape index (κ2) is 10.1. The molecule has 0 heterocycles. The molecule has 0 fully saturated rings. The number of rotatable bonds is 9. The van der Waals surface area contributed by atoms with Crippen LogP contribution in [0.1, 0.15) is 28.4 Å². The SMILES string of the molecule is COc1ccc(NC(CC(=O)c2ccc3ccccc3c2)c2ccc(OC)c(OC)c2)cc1. The Morgan fingerprint density at radius 1 is 0.758 bits per heavy atom. The van der Waals surface area contributed by atoms with Crippen LogP contribution in [0.15, 0.2) is 84.9 Å². The first-order valence-corrected chi connectivity index (χ1v) is 10.8. The highest BCUT2D eigenvalue weighted by Crippen LogP contribution is 2.33. The summed E-state index contributed by atoms with van der Waals surface area (Å²) in [6.07, 6.45) is 0.278. The van der Waals surface area contributed by atoms with Crippen LogP contribution >= 0.6 is 0 Å². The van der Waals surface area contributed by atoms with Gasteiger partial charge in [0.15, 0.2) is 17.3 Å². The van der Waals surface area contributed by atoms with Gasteiger partial charge in [0.1, 0.15) is 5.75 Å². The standard InChI is InChI=1S/C28H27NO4/c1-31-24-13-11-23(12-14-24)29-25(21-10-15-27(32-2)28(17-21)33-3)18-26(30)22-9-8-19-6-4-5-7-20(19)16-22/h4-17,25,29H,18H2,1-3H3. The van der Waals surface area contributed by atoms with E-state index in [1.54, 1.807) is 21.3 Å². The lowest BCUT2D eigenvalue weighted by atomic mass is 9.96. The molecule has 4 aromatic rings. The smallest absolute Gasteiger partial charge is 0.165 e. The molecule has 0 aliphatic heterocycles. The van der Waals surface area contributed by atoms with E-state index in [2.05, 4.69) is 5.32 Å². The van der Waals surface area contributed by atoms with Crippen molar-refractivity contribution < 1.29 is 19.0 Å². The molecule has 0 bridgehead atoms. The van der Waals surface area contributed by atoms with Crippen LogP contribution in [0.4, 0.5) is 5.69 Å². The average Bonchev–Trinajstić information content (AvgIpc) is 2.87. The zero-order chi connectivity index (χ0) is 23.2. The summed E-state index contributed by atoms with van der Waals surface area (Å²) in [5.41, 5.74) is 2.51. The lowest BCUT2D eigenvalue weighted by Gasteiger charge is -2.21. The molecule has 1 atom stereocenters. The van der Waals surface area contributed by atoms with Crippen LogP contribution in [0.5, 0.6) is 17.2 Å². The highest BCUT2D eigenvalue weighted by atomic mass is 16.5. The molecule has 168 valence electrons. The summed E-state index contributed by atoms with van der Waals surface area (Å²) in [6.45, 7) is 0. The van der Waals surface area contributed by atoms with Crippen molar-refractivity contribution in [2.45, 2.75) is 12.5 Å². The molecular formula is C28H27NO4. The van der Waals surface area contributed by atoms with Gasteiger partial charge in [0.05, 0.1) is 27.4 Å². The third kappa shape index (κ3) is 5.09. The molecule has 0 saturated heterocycles. The third-order valence-electron chi connectivity index (χ3n) is 5.70. The molecule has 5 heteroatoms. The molecule has 0 radical (unpaired) electrons. The van der Waals surface area contributed by atoms with Crippen molar-refractivity contribution in [2.75, 3.05) is 26.6 Å². The number of carbonyl (C=O) groups is 1. The fourth-order valence-corrected chi connectivity index (χ4v) is 3.88. The quantitative estimate of drug-likeness (QED) is 0.309. The lowest BCUT2D eigenvalue weighted by Crippen LogP contribution is -2.16. The molecule has 0 aliphatic rings. The van der Waals surface area contributed by atoms with Crippen molar-refractivity contribution in [3.63, 3.8) is 0 Å². The van der Waals surface area contributed by atoms with Gasteiger partial charge in [-0.3, -0.25) is 4.79 Å². The maximum atomic E-state index is 13.3. The van der Waals surface area contributed by atoms with E-state index in [0.717, 1.165) is 27.8 Å². The van der Waals surface area contributed by atoms with Crippen LogP contribution in [0, 0.1) is 0 Å². The largest absolute Gasteiger partial charge is 0.497 e. The summed E-state index contributed by atoms with van der Waals surface area (Å²) >= 11 is 0. The second-order valence-corrected chi connectivity index (χ2v) is 7.73. The van der Waals surface area contributed by atoms with E-state index in [-0.39, 0.29) is 18.2 Å². The highest BCUT2D eigenvalue weighted by molar-refractivity contribution is 6.00. The number of ketones is 1. The predicted octanol–water partition coefficient (Wildman–Crippen LogP) is 6.29. The van der Waals surface area contributed by atoms with Crippen LogP contribution < -0.4 is 19.5 Å². The van der Waals surface area contributed by atoms with Crippen LogP contribution in [-0.4, -0.2) is 27.1 Å². The van der Waals surface area contributed by atoms with Crippen LogP contribution in [-0.2, 0) is 0 Å². The number of anilines is 1. The van der Waals surface area contributed by atoms with Gasteiger partial charge in [-0.05, 0) is 58.8 Å². The Morgan fingerprint density at radius 2 is 1.48 bits per heavy atom. The fraction of sp³-hybridized carbons (Fsp3) is 0.179. The predicted molar refractivity (Wildman–Crippen MR) is 132 cm³/mol. The number of methoxy groups -OCH3 is 3. The summed E-state index contributed by atoms with van der Waals surface area (Å²) in [5, 5.41) is 5.66. The average molecular weight is 442 g/mol. The Morgan fingerprint density at radius 3 is 2.18 bits per heavy atom. The van der Waals surface area contributed by atoms with E-state index in [1.807, 2.05) is 84.9 Å². The molecule has 5 nitrogen and oxygen atoms in total. The molecule has 0 saturated carbocycles. The summed E-state index contributed by atoms with van der Waals surface area (Å²) in [4.78, 5) is 13.3. The van der Waals surface area contributed by atoms with Crippen molar-refractivity contribution in [3.8, 4) is 17.2 Å². The number of benzene rings is 4. The van der Waals surface area contributed by atoms with Gasteiger partial charge in [0.25, 0.3) is 0 Å². The van der Waals surface area contributed by atoms with Crippen molar-refractivity contribution in [2.24, 2.45) is 0 Å². The molecule has 0 aliphatic carbocycles. The van der Waals surface area contributed by atoms with Crippen LogP contribution in [0.2, 0.25) is 0 Å². The van der Waals surface area contributed by atoms with Crippen LogP contribution in [0.3, 0.4) is 0 Å². The van der Waals surface area contributed by atoms with Crippen molar-refractivity contribution >= 4 is 22.2 Å². The maximum Gasteiger partial charge on any atom is 0.165 e. The molecule has 1 unspecified atom stereocenters. The van der Waals surface area contributed by atoms with Gasteiger partial charge in [-0.2, -0.15) is 0 Å². The number of hydrogen-bond acceptors (Lipinski definition) is 5. The van der Waals surface area contributed by atoms with Crippen LogP contribution in [0.25, 0.3) is 10.8 Å². The Bertz CT molecular complexity index is 1250. The minimum atomic E-state index is -0.267. The highest BCUT2D eigenvalue weighted by Gasteiger charge is 2.20. The third-order valence-corrected chi connectivity index (χ3v) is 5.70. The van der Waals surface area contributed by atoms with Gasteiger partial charge in [-0.25, -0.2) is 0 Å². The lowest BCUT2D eigenvalue weighted by molar-refractivity contribution is 0.0976. The first-order chi connectivity index (χ1) is 16.1. The van der Waals surface area contributed by atoms with Gasteiger partial charge >= 0.3 is 0 Å². The Labute approximate surface area is 193 Å². The van der Waals surface area contributed by atoms with Crippen molar-refractivity contribution in [3.05, 3.63) is 96.1 Å². The number of nitrogens with one attached hydrogen (secondary N) is 1. The van der Waals surface area contributed by atoms with E-state index in [4.69, 9.17) is 14.2 Å². The minimum absolute atomic E-state index is 0.0570. The Hall–Kier alpha value is -3.99. The minimum Gasteiger partial charge on any atom is -0.497 e.